The zero-order chi connectivity index (χ0) is 6.85. The van der Waals surface area contributed by atoms with Crippen LogP contribution in [0.1, 0.15) is 13.8 Å². The lowest BCUT2D eigenvalue weighted by atomic mass is 10.2. The van der Waals surface area contributed by atoms with Gasteiger partial charge in [0.05, 0.1) is 7.05 Å². The normalized spacial score (nSPS) is 18.2. The molecular weight excluding hydrogens is 118 g/mol. The summed E-state index contributed by atoms with van der Waals surface area (Å²) in [5, 5.41) is 5.40. The van der Waals surface area contributed by atoms with Crippen molar-refractivity contribution in [2.45, 2.75) is 13.8 Å². The number of hydrazone groups is 1. The van der Waals surface area contributed by atoms with E-state index in [9.17, 15) is 0 Å². The molecule has 1 heterocycles. The second kappa shape index (κ2) is 2.23. The molecule has 1 N–H and O–H groups in total. The van der Waals surface area contributed by atoms with Crippen LogP contribution in [-0.2, 0) is 4.94 Å². The average molecular weight is 129 g/mol. The monoisotopic (exact) mass is 129 g/mol. The third-order valence-electron chi connectivity index (χ3n) is 1.08. The van der Waals surface area contributed by atoms with Gasteiger partial charge >= 0.3 is 0 Å². The Bertz CT molecular complexity index is 132. The third kappa shape index (κ3) is 1.32. The Morgan fingerprint density at radius 3 is 2.56 bits per heavy atom. The van der Waals surface area contributed by atoms with Gasteiger partial charge in [0.2, 0.25) is 0 Å². The maximum Gasteiger partial charge on any atom is 0.153 e. The summed E-state index contributed by atoms with van der Waals surface area (Å²) in [7, 11) is 1.74. The van der Waals surface area contributed by atoms with Gasteiger partial charge < -0.3 is 0 Å². The highest BCUT2D eigenvalue weighted by molar-refractivity contribution is 5.83. The van der Waals surface area contributed by atoms with Gasteiger partial charge in [-0.05, 0) is 0 Å². The van der Waals surface area contributed by atoms with E-state index in [4.69, 9.17) is 4.94 Å². The average Bonchev–Trinajstić information content (AvgIpc) is 2.14. The predicted octanol–water partition coefficient (Wildman–Crippen LogP) is 0.337. The van der Waals surface area contributed by atoms with Crippen molar-refractivity contribution in [2.24, 2.45) is 11.0 Å². The molecule has 0 saturated heterocycles. The third-order valence-corrected chi connectivity index (χ3v) is 1.08. The molecule has 0 aromatic carbocycles. The zero-order valence-corrected chi connectivity index (χ0v) is 5.88. The minimum absolute atomic E-state index is 0.398. The minimum Gasteiger partial charge on any atom is -0.224 e. The SMILES string of the molecule is CC(C)C1=NN(C)ON1. The van der Waals surface area contributed by atoms with E-state index in [1.165, 1.54) is 5.17 Å². The first-order chi connectivity index (χ1) is 4.20. The van der Waals surface area contributed by atoms with E-state index < -0.39 is 0 Å². The van der Waals surface area contributed by atoms with Crippen LogP contribution in [0, 0.1) is 5.92 Å². The molecule has 4 heteroatoms. The largest absolute Gasteiger partial charge is 0.224 e. The van der Waals surface area contributed by atoms with Gasteiger partial charge in [0.1, 0.15) is 0 Å². The summed E-state index contributed by atoms with van der Waals surface area (Å²) in [6.45, 7) is 4.10. The fraction of sp³-hybridized carbons (Fsp3) is 0.800. The van der Waals surface area contributed by atoms with Crippen molar-refractivity contribution in [1.82, 2.24) is 10.7 Å². The van der Waals surface area contributed by atoms with E-state index in [-0.39, 0.29) is 0 Å². The maximum atomic E-state index is 4.81. The van der Waals surface area contributed by atoms with Gasteiger partial charge in [-0.1, -0.05) is 13.8 Å². The molecular formula is C5H11N3O. The smallest absolute Gasteiger partial charge is 0.153 e. The molecule has 0 aromatic heterocycles. The molecule has 1 aliphatic rings. The summed E-state index contributed by atoms with van der Waals surface area (Å²) in [6, 6.07) is 0. The molecule has 0 radical (unpaired) electrons. The van der Waals surface area contributed by atoms with Gasteiger partial charge in [-0.15, -0.1) is 15.2 Å². The zero-order valence-electron chi connectivity index (χ0n) is 5.88. The van der Waals surface area contributed by atoms with Crippen molar-refractivity contribution in [3.63, 3.8) is 0 Å². The fourth-order valence-electron chi connectivity index (χ4n) is 0.539. The van der Waals surface area contributed by atoms with Crippen LogP contribution in [0.15, 0.2) is 5.10 Å². The number of nitrogens with one attached hydrogen (secondary N) is 1. The van der Waals surface area contributed by atoms with Crippen LogP contribution in [-0.4, -0.2) is 18.1 Å². The van der Waals surface area contributed by atoms with Crippen LogP contribution in [0.5, 0.6) is 0 Å². The molecule has 9 heavy (non-hydrogen) atoms. The molecule has 0 saturated carbocycles. The molecule has 4 nitrogen and oxygen atoms in total. The first-order valence-electron chi connectivity index (χ1n) is 2.95. The number of hydrogen-bond acceptors (Lipinski definition) is 4. The van der Waals surface area contributed by atoms with Gasteiger partial charge in [-0.25, -0.2) is 5.48 Å². The highest BCUT2D eigenvalue weighted by Crippen LogP contribution is 2.01. The number of nitrogens with zero attached hydrogens (tertiary/aromatic N) is 2. The van der Waals surface area contributed by atoms with E-state index >= 15 is 0 Å². The summed E-state index contributed by atoms with van der Waals surface area (Å²) < 4.78 is 0. The first-order valence-corrected chi connectivity index (χ1v) is 2.95. The molecule has 0 aliphatic carbocycles. The van der Waals surface area contributed by atoms with Crippen molar-refractivity contribution < 1.29 is 4.94 Å². The van der Waals surface area contributed by atoms with Crippen molar-refractivity contribution in [3.05, 3.63) is 0 Å². The molecule has 0 spiro atoms. The van der Waals surface area contributed by atoms with Crippen molar-refractivity contribution in [2.75, 3.05) is 7.05 Å². The topological polar surface area (TPSA) is 36.9 Å². The standard InChI is InChI=1S/C5H11N3O/c1-4(2)5-6-8(3)9-7-5/h4H,1-3H3,(H,6,7). The molecule has 0 atom stereocenters. The maximum absolute atomic E-state index is 4.81. The second-order valence-corrected chi connectivity index (χ2v) is 2.30. The van der Waals surface area contributed by atoms with Crippen LogP contribution >= 0.6 is 0 Å². The Morgan fingerprint density at radius 1 is 1.67 bits per heavy atom. The number of rotatable bonds is 1. The lowest BCUT2D eigenvalue weighted by molar-refractivity contribution is -0.151. The minimum atomic E-state index is 0.398. The van der Waals surface area contributed by atoms with Crippen LogP contribution in [0.3, 0.4) is 0 Å². The van der Waals surface area contributed by atoms with E-state index in [1.807, 2.05) is 13.8 Å². The van der Waals surface area contributed by atoms with Crippen molar-refractivity contribution in [1.29, 1.82) is 0 Å². The predicted molar refractivity (Wildman–Crippen MR) is 34.3 cm³/mol. The Morgan fingerprint density at radius 2 is 2.33 bits per heavy atom. The lowest BCUT2D eigenvalue weighted by Crippen LogP contribution is -2.22. The highest BCUT2D eigenvalue weighted by Gasteiger charge is 2.12. The summed E-state index contributed by atoms with van der Waals surface area (Å²) in [5.74, 6) is 1.27. The van der Waals surface area contributed by atoms with Crippen LogP contribution in [0.4, 0.5) is 0 Å². The van der Waals surface area contributed by atoms with Gasteiger partial charge in [0.15, 0.2) is 5.84 Å². The van der Waals surface area contributed by atoms with Gasteiger partial charge in [-0.2, -0.15) is 0 Å². The van der Waals surface area contributed by atoms with Crippen molar-refractivity contribution in [3.8, 4) is 0 Å². The van der Waals surface area contributed by atoms with E-state index in [2.05, 4.69) is 10.6 Å². The number of amidine groups is 1. The summed E-state index contributed by atoms with van der Waals surface area (Å²) in [6.07, 6.45) is 0. The summed E-state index contributed by atoms with van der Waals surface area (Å²) in [4.78, 5) is 4.81. The van der Waals surface area contributed by atoms with Crippen LogP contribution < -0.4 is 5.48 Å². The molecule has 52 valence electrons. The Balaban J connectivity index is 2.52. The highest BCUT2D eigenvalue weighted by atomic mass is 16.8. The van der Waals surface area contributed by atoms with Crippen LogP contribution in [0.2, 0.25) is 0 Å². The quantitative estimate of drug-likeness (QED) is 0.554. The Labute approximate surface area is 54.4 Å². The molecule has 1 aliphatic heterocycles. The fourth-order valence-corrected chi connectivity index (χ4v) is 0.539. The van der Waals surface area contributed by atoms with Gasteiger partial charge in [0, 0.05) is 5.92 Å². The Kier molecular flexibility index (Phi) is 1.57. The van der Waals surface area contributed by atoms with E-state index in [1.54, 1.807) is 7.05 Å². The molecule has 0 amide bonds. The van der Waals surface area contributed by atoms with Gasteiger partial charge in [-0.3, -0.25) is 0 Å². The van der Waals surface area contributed by atoms with Crippen LogP contribution in [0.25, 0.3) is 0 Å². The first kappa shape index (κ1) is 6.35. The molecule has 0 aromatic rings. The van der Waals surface area contributed by atoms with E-state index in [0.717, 1.165) is 5.84 Å². The van der Waals surface area contributed by atoms with Crippen molar-refractivity contribution >= 4 is 5.84 Å². The molecule has 0 unspecified atom stereocenters. The Hall–Kier alpha value is -0.770. The molecule has 0 bridgehead atoms. The lowest BCUT2D eigenvalue weighted by Gasteiger charge is -2.00. The molecule has 0 fully saturated rings. The molecule has 1 rings (SSSR count). The summed E-state index contributed by atoms with van der Waals surface area (Å²) >= 11 is 0. The number of hydroxylamine groups is 2. The van der Waals surface area contributed by atoms with E-state index in [0.29, 0.717) is 5.92 Å². The number of hydrogen-bond donors (Lipinski definition) is 1. The van der Waals surface area contributed by atoms with Gasteiger partial charge in [0.25, 0.3) is 0 Å². The second-order valence-electron chi connectivity index (χ2n) is 2.30. The summed E-state index contributed by atoms with van der Waals surface area (Å²) in [5.41, 5.74) is 2.68.